The topological polar surface area (TPSA) is 0 Å². The number of hydrogen-bond donors (Lipinski definition) is 0. The number of hydrogen-bond acceptors (Lipinski definition) is 0. The Bertz CT molecular complexity index is 161. The number of rotatable bonds is 1. The van der Waals surface area contributed by atoms with Crippen molar-refractivity contribution >= 4 is 23.1 Å². The van der Waals surface area contributed by atoms with Crippen LogP contribution in [0, 0.1) is 13.8 Å². The van der Waals surface area contributed by atoms with Crippen molar-refractivity contribution in [3.05, 3.63) is 49.7 Å². The van der Waals surface area contributed by atoms with Gasteiger partial charge in [0, 0.05) is 0 Å². The molecule has 0 atom stereocenters. The molecule has 0 unspecified atom stereocenters. The van der Waals surface area contributed by atoms with Crippen molar-refractivity contribution in [2.24, 2.45) is 0 Å². The fourth-order valence-electron chi connectivity index (χ4n) is 0.478. The van der Waals surface area contributed by atoms with Gasteiger partial charge in [-0.1, -0.05) is 19.4 Å². The molecular weight excluding hydrogens is 283 g/mol. The van der Waals surface area contributed by atoms with Gasteiger partial charge in [-0.3, -0.25) is 0 Å². The molecule has 0 aliphatic heterocycles. The normalized spacial score (nSPS) is 6.92. The molecule has 0 fully saturated rings. The van der Waals surface area contributed by atoms with Crippen molar-refractivity contribution in [2.75, 3.05) is 0 Å². The first-order valence-corrected chi connectivity index (χ1v) is 3.97. The summed E-state index contributed by atoms with van der Waals surface area (Å²) in [6.07, 6.45) is 2.28. The zero-order valence-electron chi connectivity index (χ0n) is 8.30. The smallest absolute Gasteiger partial charge is 1.00 e. The molecule has 2 heteroatoms. The Morgan fingerprint density at radius 3 is 1.69 bits per heavy atom. The molecule has 0 nitrogen and oxygen atoms in total. The molecule has 0 heterocycles. The molecule has 70 valence electrons. The third kappa shape index (κ3) is 15.3. The van der Waals surface area contributed by atoms with Crippen LogP contribution in [-0.2, 0) is 0 Å². The summed E-state index contributed by atoms with van der Waals surface area (Å²) in [6, 6.07) is 9.87. The van der Waals surface area contributed by atoms with E-state index in [4.69, 9.17) is 0 Å². The van der Waals surface area contributed by atoms with Gasteiger partial charge in [0.25, 0.3) is 0 Å². The minimum atomic E-state index is 0. The molecule has 1 aromatic carbocycles. The second kappa shape index (κ2) is 15.1. The maximum absolute atomic E-state index is 3.72. The van der Waals surface area contributed by atoms with Crippen molar-refractivity contribution in [2.45, 2.75) is 19.8 Å². The number of unbranched alkanes of at least 4 members (excludes halogenated alkanes) is 1. The Kier molecular flexibility index (Phi) is 22.3. The van der Waals surface area contributed by atoms with Gasteiger partial charge < -0.3 is 30.9 Å². The molecule has 13 heavy (non-hydrogen) atoms. The van der Waals surface area contributed by atoms with Crippen LogP contribution in [0.1, 0.15) is 25.3 Å². The zero-order valence-corrected chi connectivity index (χ0v) is 11.9. The third-order valence-corrected chi connectivity index (χ3v) is 1.20. The van der Waals surface area contributed by atoms with Crippen LogP contribution in [0.25, 0.3) is 0 Å². The van der Waals surface area contributed by atoms with Gasteiger partial charge in [0.15, 0.2) is 0 Å². The van der Waals surface area contributed by atoms with E-state index in [9.17, 15) is 0 Å². The molecule has 0 bridgehead atoms. The maximum Gasteiger partial charge on any atom is 2.00 e. The van der Waals surface area contributed by atoms with Gasteiger partial charge in [-0.2, -0.15) is 31.0 Å². The van der Waals surface area contributed by atoms with Gasteiger partial charge in [0.1, 0.15) is 0 Å². The van der Waals surface area contributed by atoms with Crippen molar-refractivity contribution in [3.63, 3.8) is 0 Å². The van der Waals surface area contributed by atoms with Crippen molar-refractivity contribution < 1.29 is 24.0 Å². The number of halogens is 1. The maximum atomic E-state index is 3.72. The van der Waals surface area contributed by atoms with Crippen LogP contribution in [0.15, 0.2) is 30.3 Å². The second-order valence-corrected chi connectivity index (χ2v) is 2.34. The third-order valence-electron chi connectivity index (χ3n) is 1.20. The van der Waals surface area contributed by atoms with E-state index in [0.717, 1.165) is 12.0 Å². The molecule has 1 rings (SSSR count). The fourth-order valence-corrected chi connectivity index (χ4v) is 0.478. The van der Waals surface area contributed by atoms with E-state index in [1.165, 1.54) is 6.42 Å². The van der Waals surface area contributed by atoms with Gasteiger partial charge in [0.2, 0.25) is 0 Å². The summed E-state index contributed by atoms with van der Waals surface area (Å²) in [5.74, 6) is 0. The summed E-state index contributed by atoms with van der Waals surface area (Å²) < 4.78 is 0. The van der Waals surface area contributed by atoms with E-state index in [-0.39, 0.29) is 47.0 Å². The summed E-state index contributed by atoms with van der Waals surface area (Å²) in [5.41, 5.74) is 1.07. The zero-order chi connectivity index (χ0) is 8.53. The molecule has 0 aliphatic carbocycles. The number of benzene rings is 1. The van der Waals surface area contributed by atoms with Crippen LogP contribution in [0.2, 0.25) is 0 Å². The Balaban J connectivity index is -0.000000150. The molecule has 0 N–H and O–H groups in total. The van der Waals surface area contributed by atoms with Crippen molar-refractivity contribution in [1.29, 1.82) is 0 Å². The van der Waals surface area contributed by atoms with Crippen LogP contribution < -0.4 is 24.0 Å². The predicted octanol–water partition coefficient (Wildman–Crippen LogP) is 0.113. The SMILES string of the molecule is [CH2-]CCC.[CH2-]c1ccccc1.[I-].[Mg+2]. The van der Waals surface area contributed by atoms with E-state index >= 15 is 0 Å². The molecule has 0 aliphatic rings. The minimum Gasteiger partial charge on any atom is -1.00 e. The first-order chi connectivity index (χ1) is 5.31. The largest absolute Gasteiger partial charge is 2.00 e. The summed E-state index contributed by atoms with van der Waals surface area (Å²) in [5, 5.41) is 0. The monoisotopic (exact) mass is 299 g/mol. The molecule has 0 saturated carbocycles. The standard InChI is InChI=1S/C7H7.C4H9.HI.Mg/c1-7-5-3-2-4-6-7;1-3-4-2;;/h2-6H,1H2;1,3-4H2,2H3;1H;/q2*-1;;+2/p-1. The van der Waals surface area contributed by atoms with Gasteiger partial charge in [0.05, 0.1) is 0 Å². The van der Waals surface area contributed by atoms with E-state index in [0.29, 0.717) is 0 Å². The second-order valence-electron chi connectivity index (χ2n) is 2.34. The van der Waals surface area contributed by atoms with Crippen molar-refractivity contribution in [3.8, 4) is 0 Å². The molecule has 0 saturated heterocycles. The van der Waals surface area contributed by atoms with E-state index in [2.05, 4.69) is 20.8 Å². The molecule has 0 amide bonds. The Morgan fingerprint density at radius 2 is 1.54 bits per heavy atom. The minimum absolute atomic E-state index is 0. The van der Waals surface area contributed by atoms with E-state index < -0.39 is 0 Å². The van der Waals surface area contributed by atoms with Crippen LogP contribution in [-0.4, -0.2) is 23.1 Å². The quantitative estimate of drug-likeness (QED) is 0.392. The molecule has 0 aromatic heterocycles. The summed E-state index contributed by atoms with van der Waals surface area (Å²) in [6.45, 7) is 9.44. The van der Waals surface area contributed by atoms with Gasteiger partial charge in [-0.15, -0.1) is 12.1 Å². The fraction of sp³-hybridized carbons (Fsp3) is 0.273. The predicted molar refractivity (Wildman–Crippen MR) is 56.9 cm³/mol. The van der Waals surface area contributed by atoms with E-state index in [1.54, 1.807) is 0 Å². The summed E-state index contributed by atoms with van der Waals surface area (Å²) in [7, 11) is 0. The Labute approximate surface area is 116 Å². The van der Waals surface area contributed by atoms with Crippen LogP contribution in [0.4, 0.5) is 0 Å². The average Bonchev–Trinajstić information content (AvgIpc) is 2.07. The van der Waals surface area contributed by atoms with Gasteiger partial charge in [-0.05, 0) is 0 Å². The Morgan fingerprint density at radius 1 is 1.15 bits per heavy atom. The van der Waals surface area contributed by atoms with Gasteiger partial charge >= 0.3 is 23.1 Å². The molecular formula is C11H16IMg-. The first-order valence-electron chi connectivity index (χ1n) is 3.97. The van der Waals surface area contributed by atoms with Crippen LogP contribution in [0.3, 0.4) is 0 Å². The molecule has 0 radical (unpaired) electrons. The first kappa shape index (κ1) is 19.2. The van der Waals surface area contributed by atoms with E-state index in [1.807, 2.05) is 30.3 Å². The summed E-state index contributed by atoms with van der Waals surface area (Å²) in [4.78, 5) is 0. The average molecular weight is 299 g/mol. The van der Waals surface area contributed by atoms with Crippen molar-refractivity contribution in [1.82, 2.24) is 0 Å². The van der Waals surface area contributed by atoms with Crippen LogP contribution >= 0.6 is 0 Å². The van der Waals surface area contributed by atoms with Gasteiger partial charge in [-0.25, -0.2) is 0 Å². The molecule has 0 spiro atoms. The Hall–Kier alpha value is 0.586. The van der Waals surface area contributed by atoms with Crippen LogP contribution in [0.5, 0.6) is 0 Å². The summed E-state index contributed by atoms with van der Waals surface area (Å²) >= 11 is 0. The molecule has 1 aromatic rings.